The number of thiazole rings is 1. The van der Waals surface area contributed by atoms with Crippen LogP contribution in [0.15, 0.2) is 69.6 Å². The molecule has 9 nitrogen and oxygen atoms in total. The van der Waals surface area contributed by atoms with Gasteiger partial charge in [0.2, 0.25) is 0 Å². The van der Waals surface area contributed by atoms with E-state index in [9.17, 15) is 14.4 Å². The lowest BCUT2D eigenvalue weighted by atomic mass is 9.95. The lowest BCUT2D eigenvalue weighted by Gasteiger charge is -2.26. The molecule has 2 N–H and O–H groups in total. The first-order chi connectivity index (χ1) is 17.8. The van der Waals surface area contributed by atoms with Crippen molar-refractivity contribution in [2.45, 2.75) is 26.8 Å². The molecule has 1 aliphatic rings. The second kappa shape index (κ2) is 11.3. The number of benzene rings is 2. The number of hydrogen-bond donors (Lipinski definition) is 1. The number of para-hydroxylation sites is 1. The second-order valence-corrected chi connectivity index (χ2v) is 9.11. The molecule has 1 atom stereocenters. The lowest BCUT2D eigenvalue weighted by Crippen LogP contribution is -2.40. The number of ether oxygens (including phenoxy) is 3. The summed E-state index contributed by atoms with van der Waals surface area (Å²) in [6, 6.07) is 13.5. The van der Waals surface area contributed by atoms with Crippen LogP contribution >= 0.6 is 11.3 Å². The van der Waals surface area contributed by atoms with Gasteiger partial charge in [-0.25, -0.2) is 9.79 Å². The fourth-order valence-electron chi connectivity index (χ4n) is 4.05. The maximum Gasteiger partial charge on any atom is 0.338 e. The quantitative estimate of drug-likeness (QED) is 0.430. The van der Waals surface area contributed by atoms with Gasteiger partial charge >= 0.3 is 5.97 Å². The fraction of sp³-hybridized carbons (Fsp3) is 0.259. The van der Waals surface area contributed by atoms with Crippen molar-refractivity contribution in [2.75, 3.05) is 19.8 Å². The monoisotopic (exact) mass is 521 g/mol. The van der Waals surface area contributed by atoms with Crippen molar-refractivity contribution in [1.82, 2.24) is 4.57 Å². The van der Waals surface area contributed by atoms with Gasteiger partial charge in [-0.05, 0) is 50.6 Å². The van der Waals surface area contributed by atoms with Crippen LogP contribution in [-0.2, 0) is 14.3 Å². The van der Waals surface area contributed by atoms with Crippen LogP contribution in [0.5, 0.6) is 11.5 Å². The van der Waals surface area contributed by atoms with Gasteiger partial charge in [-0.15, -0.1) is 0 Å². The standard InChI is InChI=1S/C27H27N3O6S/c1-4-34-20-9-7-6-8-19(20)24-23(26(33)35-5-2)16(3)29-27-30(24)25(32)21(37-27)14-17-10-12-18(13-11-17)36-15-22(28)31/h6-14,24H,4-5,15H2,1-3H3,(H2,28,31)/b21-14-/t24-/m1/s1. The number of carbonyl (C=O) groups is 2. The molecule has 3 aromatic rings. The van der Waals surface area contributed by atoms with Crippen LogP contribution in [0.25, 0.3) is 6.08 Å². The largest absolute Gasteiger partial charge is 0.494 e. The van der Waals surface area contributed by atoms with Gasteiger partial charge in [0.15, 0.2) is 11.4 Å². The number of esters is 1. The molecule has 0 saturated heterocycles. The molecule has 10 heteroatoms. The Balaban J connectivity index is 1.85. The summed E-state index contributed by atoms with van der Waals surface area (Å²) in [7, 11) is 0. The van der Waals surface area contributed by atoms with Crippen molar-refractivity contribution in [3.63, 3.8) is 0 Å². The van der Waals surface area contributed by atoms with E-state index < -0.39 is 17.9 Å². The topological polar surface area (TPSA) is 122 Å². The van der Waals surface area contributed by atoms with Crippen molar-refractivity contribution in [3.8, 4) is 11.5 Å². The van der Waals surface area contributed by atoms with E-state index in [0.717, 1.165) is 5.56 Å². The van der Waals surface area contributed by atoms with E-state index >= 15 is 0 Å². The minimum Gasteiger partial charge on any atom is -0.494 e. The molecule has 37 heavy (non-hydrogen) atoms. The summed E-state index contributed by atoms with van der Waals surface area (Å²) in [6.07, 6.45) is 1.75. The highest BCUT2D eigenvalue weighted by atomic mass is 32.1. The number of allylic oxidation sites excluding steroid dienone is 1. The number of nitrogens with two attached hydrogens (primary N) is 1. The van der Waals surface area contributed by atoms with Gasteiger partial charge in [-0.2, -0.15) is 0 Å². The van der Waals surface area contributed by atoms with Gasteiger partial charge < -0.3 is 19.9 Å². The van der Waals surface area contributed by atoms with Gasteiger partial charge in [-0.3, -0.25) is 14.2 Å². The summed E-state index contributed by atoms with van der Waals surface area (Å²) in [4.78, 5) is 42.8. The molecule has 0 aliphatic carbocycles. The molecule has 4 rings (SSSR count). The molecular formula is C27H27N3O6S. The Morgan fingerprint density at radius 2 is 1.81 bits per heavy atom. The van der Waals surface area contributed by atoms with Crippen LogP contribution in [0, 0.1) is 0 Å². The third-order valence-corrected chi connectivity index (χ3v) is 6.57. The molecule has 1 aromatic heterocycles. The Morgan fingerprint density at radius 3 is 2.49 bits per heavy atom. The minimum atomic E-state index is -0.759. The Labute approximate surface area is 217 Å². The third-order valence-electron chi connectivity index (χ3n) is 5.59. The molecule has 0 saturated carbocycles. The molecular weight excluding hydrogens is 494 g/mol. The Bertz CT molecular complexity index is 1540. The molecule has 2 heterocycles. The molecule has 2 aromatic carbocycles. The highest BCUT2D eigenvalue weighted by Gasteiger charge is 2.35. The van der Waals surface area contributed by atoms with E-state index in [1.54, 1.807) is 44.2 Å². The average molecular weight is 522 g/mol. The highest BCUT2D eigenvalue weighted by molar-refractivity contribution is 7.07. The van der Waals surface area contributed by atoms with Crippen LogP contribution in [0.4, 0.5) is 0 Å². The van der Waals surface area contributed by atoms with Gasteiger partial charge in [0.25, 0.3) is 11.5 Å². The maximum absolute atomic E-state index is 13.7. The first-order valence-electron chi connectivity index (χ1n) is 11.8. The van der Waals surface area contributed by atoms with Gasteiger partial charge in [0.05, 0.1) is 29.0 Å². The van der Waals surface area contributed by atoms with Gasteiger partial charge in [0, 0.05) is 5.56 Å². The first-order valence-corrected chi connectivity index (χ1v) is 12.6. The van der Waals surface area contributed by atoms with E-state index in [1.807, 2.05) is 31.2 Å². The molecule has 0 fully saturated rings. The number of carbonyl (C=O) groups excluding carboxylic acids is 2. The highest BCUT2D eigenvalue weighted by Crippen LogP contribution is 2.35. The number of aromatic nitrogens is 1. The molecule has 0 spiro atoms. The lowest BCUT2D eigenvalue weighted by molar-refractivity contribution is -0.139. The SMILES string of the molecule is CCOC(=O)C1=C(C)N=c2s/c(=C\c3ccc(OCC(N)=O)cc3)c(=O)n2[C@@H]1c1ccccc1OCC. The van der Waals surface area contributed by atoms with Crippen LogP contribution in [0.1, 0.15) is 37.9 Å². The van der Waals surface area contributed by atoms with Gasteiger partial charge in [0.1, 0.15) is 17.5 Å². The summed E-state index contributed by atoms with van der Waals surface area (Å²) in [6.45, 7) is 5.75. The van der Waals surface area contributed by atoms with E-state index in [4.69, 9.17) is 19.9 Å². The fourth-order valence-corrected chi connectivity index (χ4v) is 5.09. The minimum absolute atomic E-state index is 0.193. The van der Waals surface area contributed by atoms with Crippen LogP contribution in [-0.4, -0.2) is 36.3 Å². The van der Waals surface area contributed by atoms with Gasteiger partial charge in [-0.1, -0.05) is 41.7 Å². The van der Waals surface area contributed by atoms with Crippen molar-refractivity contribution < 1.29 is 23.8 Å². The zero-order valence-corrected chi connectivity index (χ0v) is 21.5. The van der Waals surface area contributed by atoms with E-state index in [0.29, 0.717) is 44.3 Å². The number of rotatable bonds is 9. The summed E-state index contributed by atoms with van der Waals surface area (Å²) >= 11 is 1.23. The van der Waals surface area contributed by atoms with Crippen molar-refractivity contribution >= 4 is 29.3 Å². The zero-order chi connectivity index (χ0) is 26.5. The molecule has 0 bridgehead atoms. The molecule has 1 aliphatic heterocycles. The Morgan fingerprint density at radius 1 is 1.08 bits per heavy atom. The first kappa shape index (κ1) is 25.9. The van der Waals surface area contributed by atoms with E-state index in [-0.39, 0.29) is 18.8 Å². The maximum atomic E-state index is 13.7. The average Bonchev–Trinajstić information content (AvgIpc) is 3.17. The van der Waals surface area contributed by atoms with Crippen LogP contribution in [0.2, 0.25) is 0 Å². The Hall–Kier alpha value is -4.18. The number of primary amides is 1. The second-order valence-electron chi connectivity index (χ2n) is 8.10. The predicted molar refractivity (Wildman–Crippen MR) is 139 cm³/mol. The normalized spacial score (nSPS) is 15.1. The summed E-state index contributed by atoms with van der Waals surface area (Å²) in [5, 5.41) is 0. The van der Waals surface area contributed by atoms with Crippen molar-refractivity contribution in [3.05, 3.63) is 90.6 Å². The predicted octanol–water partition coefficient (Wildman–Crippen LogP) is 2.06. The third kappa shape index (κ3) is 5.49. The molecule has 0 radical (unpaired) electrons. The number of hydrogen-bond acceptors (Lipinski definition) is 8. The summed E-state index contributed by atoms with van der Waals surface area (Å²) in [5.41, 5.74) is 7.03. The summed E-state index contributed by atoms with van der Waals surface area (Å²) in [5.74, 6) is -0.0312. The van der Waals surface area contributed by atoms with Crippen LogP contribution < -0.4 is 30.1 Å². The number of amides is 1. The van der Waals surface area contributed by atoms with Crippen molar-refractivity contribution in [1.29, 1.82) is 0 Å². The smallest absolute Gasteiger partial charge is 0.338 e. The molecule has 192 valence electrons. The van der Waals surface area contributed by atoms with Crippen LogP contribution in [0.3, 0.4) is 0 Å². The van der Waals surface area contributed by atoms with E-state index in [1.165, 1.54) is 15.9 Å². The number of nitrogens with zero attached hydrogens (tertiary/aromatic N) is 2. The van der Waals surface area contributed by atoms with Crippen molar-refractivity contribution in [2.24, 2.45) is 10.7 Å². The number of fused-ring (bicyclic) bond motifs is 1. The zero-order valence-electron chi connectivity index (χ0n) is 20.7. The molecule has 1 amide bonds. The molecule has 0 unspecified atom stereocenters. The van der Waals surface area contributed by atoms with E-state index in [2.05, 4.69) is 4.99 Å². The Kier molecular flexibility index (Phi) is 7.88. The summed E-state index contributed by atoms with van der Waals surface area (Å²) < 4.78 is 18.5.